The third kappa shape index (κ3) is 1.87. The monoisotopic (exact) mass is 227 g/mol. The minimum atomic E-state index is 0.976. The molecule has 0 bridgehead atoms. The van der Waals surface area contributed by atoms with Crippen LogP contribution < -0.4 is 10.2 Å². The van der Waals surface area contributed by atoms with Gasteiger partial charge in [0.1, 0.15) is 0 Å². The first-order chi connectivity index (χ1) is 8.36. The Morgan fingerprint density at radius 3 is 3.24 bits per heavy atom. The zero-order chi connectivity index (χ0) is 11.7. The smallest absolute Gasteiger partial charge is 0.0471 e. The van der Waals surface area contributed by atoms with Crippen LogP contribution in [0, 0.1) is 6.92 Å². The van der Waals surface area contributed by atoms with Gasteiger partial charge in [0.15, 0.2) is 0 Å². The van der Waals surface area contributed by atoms with E-state index < -0.39 is 0 Å². The van der Waals surface area contributed by atoms with Gasteiger partial charge in [-0.05, 0) is 24.1 Å². The van der Waals surface area contributed by atoms with Gasteiger partial charge in [-0.1, -0.05) is 12.2 Å². The van der Waals surface area contributed by atoms with Gasteiger partial charge in [-0.25, -0.2) is 0 Å². The van der Waals surface area contributed by atoms with Crippen molar-refractivity contribution in [3.05, 3.63) is 47.4 Å². The number of pyridine rings is 1. The number of aryl methyl sites for hydroxylation is 1. The van der Waals surface area contributed by atoms with Crippen molar-refractivity contribution in [2.45, 2.75) is 13.3 Å². The highest BCUT2D eigenvalue weighted by molar-refractivity contribution is 5.60. The molecular weight excluding hydrogens is 210 g/mol. The third-order valence-electron chi connectivity index (χ3n) is 3.44. The molecule has 0 saturated carbocycles. The van der Waals surface area contributed by atoms with Crippen molar-refractivity contribution in [3.63, 3.8) is 0 Å². The van der Waals surface area contributed by atoms with E-state index in [4.69, 9.17) is 0 Å². The number of hydrogen-bond donors (Lipinski definition) is 1. The van der Waals surface area contributed by atoms with Crippen molar-refractivity contribution in [1.29, 1.82) is 0 Å². The average molecular weight is 227 g/mol. The largest absolute Gasteiger partial charge is 0.341 e. The maximum atomic E-state index is 4.17. The van der Waals surface area contributed by atoms with Crippen LogP contribution in [0.5, 0.6) is 0 Å². The second kappa shape index (κ2) is 4.34. The van der Waals surface area contributed by atoms with E-state index in [2.05, 4.69) is 40.3 Å². The Hall–Kier alpha value is -1.61. The predicted octanol–water partition coefficient (Wildman–Crippen LogP) is 2.01. The molecule has 0 unspecified atom stereocenters. The van der Waals surface area contributed by atoms with Crippen LogP contribution in [0.2, 0.25) is 0 Å². The highest BCUT2D eigenvalue weighted by Crippen LogP contribution is 2.29. The van der Waals surface area contributed by atoms with E-state index in [-0.39, 0.29) is 0 Å². The summed E-state index contributed by atoms with van der Waals surface area (Å²) in [5.41, 5.74) is 5.44. The lowest BCUT2D eigenvalue weighted by molar-refractivity contribution is 0.661. The molecule has 3 rings (SSSR count). The molecule has 17 heavy (non-hydrogen) atoms. The fourth-order valence-electron chi connectivity index (χ4n) is 2.58. The molecule has 3 heteroatoms. The van der Waals surface area contributed by atoms with E-state index in [0.29, 0.717) is 0 Å². The van der Waals surface area contributed by atoms with Crippen LogP contribution in [0.1, 0.15) is 12.0 Å². The van der Waals surface area contributed by atoms with E-state index in [1.165, 1.54) is 22.5 Å². The van der Waals surface area contributed by atoms with Gasteiger partial charge in [-0.3, -0.25) is 4.98 Å². The summed E-state index contributed by atoms with van der Waals surface area (Å²) in [5, 5.41) is 3.42. The van der Waals surface area contributed by atoms with Gasteiger partial charge in [0, 0.05) is 49.8 Å². The summed E-state index contributed by atoms with van der Waals surface area (Å²) in [4.78, 5) is 6.59. The molecular formula is C14H17N3. The zero-order valence-corrected chi connectivity index (χ0v) is 10.1. The molecule has 88 valence electrons. The van der Waals surface area contributed by atoms with Crippen molar-refractivity contribution in [2.75, 3.05) is 24.5 Å². The number of rotatable bonds is 1. The fraction of sp³-hybridized carbons (Fsp3) is 0.357. The molecule has 3 nitrogen and oxygen atoms in total. The summed E-state index contributed by atoms with van der Waals surface area (Å²) in [6.07, 6.45) is 9.43. The first-order valence-corrected chi connectivity index (χ1v) is 6.13. The molecule has 0 aromatic carbocycles. The quantitative estimate of drug-likeness (QED) is 0.795. The second-order valence-corrected chi connectivity index (χ2v) is 4.57. The predicted molar refractivity (Wildman–Crippen MR) is 70.0 cm³/mol. The van der Waals surface area contributed by atoms with Crippen LogP contribution in [0.3, 0.4) is 0 Å². The van der Waals surface area contributed by atoms with Crippen LogP contribution >= 0.6 is 0 Å². The van der Waals surface area contributed by atoms with Crippen molar-refractivity contribution in [3.8, 4) is 0 Å². The molecule has 0 saturated heterocycles. The number of hydrogen-bond acceptors (Lipinski definition) is 3. The molecule has 0 atom stereocenters. The van der Waals surface area contributed by atoms with E-state index in [1.807, 2.05) is 12.4 Å². The molecule has 1 aromatic heterocycles. The first kappa shape index (κ1) is 10.5. The summed E-state index contributed by atoms with van der Waals surface area (Å²) in [6.45, 7) is 5.17. The number of nitrogens with zero attached hydrogens (tertiary/aromatic N) is 2. The first-order valence-electron chi connectivity index (χ1n) is 6.13. The Kier molecular flexibility index (Phi) is 2.69. The number of aromatic nitrogens is 1. The lowest BCUT2D eigenvalue weighted by atomic mass is 10.0. The normalized spacial score (nSPS) is 19.5. The van der Waals surface area contributed by atoms with E-state index in [0.717, 1.165) is 26.1 Å². The van der Waals surface area contributed by atoms with E-state index in [1.54, 1.807) is 0 Å². The molecule has 0 fully saturated rings. The molecule has 2 aliphatic heterocycles. The van der Waals surface area contributed by atoms with Crippen LogP contribution in [0.4, 0.5) is 5.69 Å². The lowest BCUT2D eigenvalue weighted by Gasteiger charge is -2.34. The third-order valence-corrected chi connectivity index (χ3v) is 3.44. The van der Waals surface area contributed by atoms with Crippen LogP contribution in [-0.2, 0) is 0 Å². The summed E-state index contributed by atoms with van der Waals surface area (Å²) in [5.74, 6) is 0. The Morgan fingerprint density at radius 2 is 2.35 bits per heavy atom. The summed E-state index contributed by atoms with van der Waals surface area (Å²) < 4.78 is 0. The van der Waals surface area contributed by atoms with Crippen molar-refractivity contribution in [2.24, 2.45) is 0 Å². The SMILES string of the molecule is Cc1cnccc1N1CC=CC2=C1CCNC2. The highest BCUT2D eigenvalue weighted by atomic mass is 15.2. The van der Waals surface area contributed by atoms with Gasteiger partial charge in [-0.2, -0.15) is 0 Å². The van der Waals surface area contributed by atoms with Crippen molar-refractivity contribution >= 4 is 5.69 Å². The van der Waals surface area contributed by atoms with Gasteiger partial charge in [0.05, 0.1) is 0 Å². The Morgan fingerprint density at radius 1 is 1.41 bits per heavy atom. The molecule has 0 radical (unpaired) electrons. The van der Waals surface area contributed by atoms with E-state index >= 15 is 0 Å². The number of anilines is 1. The minimum absolute atomic E-state index is 0.976. The Labute approximate surface area is 102 Å². The lowest BCUT2D eigenvalue weighted by Crippen LogP contribution is -2.35. The van der Waals surface area contributed by atoms with Gasteiger partial charge in [-0.15, -0.1) is 0 Å². The summed E-state index contributed by atoms with van der Waals surface area (Å²) in [7, 11) is 0. The highest BCUT2D eigenvalue weighted by Gasteiger charge is 2.21. The van der Waals surface area contributed by atoms with Crippen LogP contribution in [-0.4, -0.2) is 24.6 Å². The molecule has 3 heterocycles. The topological polar surface area (TPSA) is 28.2 Å². The van der Waals surface area contributed by atoms with Crippen molar-refractivity contribution < 1.29 is 0 Å². The number of nitrogens with one attached hydrogen (secondary N) is 1. The Balaban J connectivity index is 2.02. The summed E-state index contributed by atoms with van der Waals surface area (Å²) >= 11 is 0. The molecule has 2 aliphatic rings. The van der Waals surface area contributed by atoms with Gasteiger partial charge < -0.3 is 10.2 Å². The average Bonchev–Trinajstić information content (AvgIpc) is 2.39. The van der Waals surface area contributed by atoms with Gasteiger partial charge >= 0.3 is 0 Å². The molecule has 1 aromatic rings. The second-order valence-electron chi connectivity index (χ2n) is 4.57. The standard InChI is InChI=1S/C14H17N3/c1-11-9-15-6-4-13(11)17-8-2-3-12-10-16-7-5-14(12)17/h2-4,6,9,16H,5,7-8,10H2,1H3. The molecule has 0 spiro atoms. The van der Waals surface area contributed by atoms with Crippen LogP contribution in [0.15, 0.2) is 41.9 Å². The fourth-order valence-corrected chi connectivity index (χ4v) is 2.58. The molecule has 1 N–H and O–H groups in total. The molecule has 0 amide bonds. The minimum Gasteiger partial charge on any atom is -0.341 e. The van der Waals surface area contributed by atoms with Gasteiger partial charge in [0.2, 0.25) is 0 Å². The molecule has 0 aliphatic carbocycles. The summed E-state index contributed by atoms with van der Waals surface area (Å²) in [6, 6.07) is 2.11. The maximum absolute atomic E-state index is 4.17. The van der Waals surface area contributed by atoms with Gasteiger partial charge in [0.25, 0.3) is 0 Å². The van der Waals surface area contributed by atoms with Crippen molar-refractivity contribution in [1.82, 2.24) is 10.3 Å². The van der Waals surface area contributed by atoms with E-state index in [9.17, 15) is 0 Å². The Bertz CT molecular complexity index is 488. The maximum Gasteiger partial charge on any atom is 0.0471 e. The zero-order valence-electron chi connectivity index (χ0n) is 10.1. The van der Waals surface area contributed by atoms with Crippen LogP contribution in [0.25, 0.3) is 0 Å².